The van der Waals surface area contributed by atoms with Crippen molar-refractivity contribution in [3.63, 3.8) is 0 Å². The van der Waals surface area contributed by atoms with Gasteiger partial charge in [-0.2, -0.15) is 0 Å². The molecule has 0 radical (unpaired) electrons. The summed E-state index contributed by atoms with van der Waals surface area (Å²) in [5.41, 5.74) is 11.1. The highest BCUT2D eigenvalue weighted by atomic mass is 35.5. The molecule has 1 aliphatic heterocycles. The van der Waals surface area contributed by atoms with Crippen LogP contribution in [0.5, 0.6) is 11.5 Å². The van der Waals surface area contributed by atoms with Gasteiger partial charge in [0.1, 0.15) is 0 Å². The minimum absolute atomic E-state index is 0.0527. The Labute approximate surface area is 96.5 Å². The lowest BCUT2D eigenvalue weighted by Crippen LogP contribution is -2.63. The first-order valence-electron chi connectivity index (χ1n) is 4.43. The number of halogens is 1. The molecule has 1 heterocycles. The van der Waals surface area contributed by atoms with E-state index in [1.54, 1.807) is 18.3 Å². The van der Waals surface area contributed by atoms with E-state index in [-0.39, 0.29) is 12.8 Å². The number of hydrazone groups is 1. The summed E-state index contributed by atoms with van der Waals surface area (Å²) in [4.78, 5) is 0. The number of rotatable bonds is 2. The van der Waals surface area contributed by atoms with Crippen molar-refractivity contribution in [3.05, 3.63) is 22.7 Å². The van der Waals surface area contributed by atoms with E-state index in [0.717, 1.165) is 5.56 Å². The number of fused-ring (bicyclic) bond motifs is 1. The molecule has 0 saturated carbocycles. The van der Waals surface area contributed by atoms with Gasteiger partial charge in [-0.1, -0.05) is 11.6 Å². The van der Waals surface area contributed by atoms with Crippen LogP contribution >= 0.6 is 11.6 Å². The van der Waals surface area contributed by atoms with Crippen LogP contribution in [0.2, 0.25) is 5.02 Å². The highest BCUT2D eigenvalue weighted by molar-refractivity contribution is 6.32. The molecule has 1 aliphatic rings. The van der Waals surface area contributed by atoms with Crippen LogP contribution in [0.25, 0.3) is 0 Å². The van der Waals surface area contributed by atoms with Gasteiger partial charge >= 0.3 is 0 Å². The van der Waals surface area contributed by atoms with Gasteiger partial charge in [-0.05, 0) is 12.1 Å². The monoisotopic (exact) mass is 241 g/mol. The molecule has 0 amide bonds. The zero-order valence-electron chi connectivity index (χ0n) is 8.24. The fourth-order valence-electron chi connectivity index (χ4n) is 1.25. The maximum atomic E-state index is 5.98. The highest BCUT2D eigenvalue weighted by Gasteiger charge is 2.18. The summed E-state index contributed by atoms with van der Waals surface area (Å²) >= 11 is 5.98. The number of nitrogens with zero attached hydrogens (tertiary/aromatic N) is 1. The molecule has 5 N–H and O–H groups in total. The normalized spacial score (nSPS) is 13.1. The van der Waals surface area contributed by atoms with Crippen LogP contribution in [0.3, 0.4) is 0 Å². The largest absolute Gasteiger partial charge is 0.454 e. The number of hydrogen-bond donors (Lipinski definition) is 3. The molecule has 0 fully saturated rings. The molecular weight excluding hydrogens is 232 g/mol. The second kappa shape index (κ2) is 4.28. The maximum absolute atomic E-state index is 5.98. The number of benzene rings is 1. The minimum atomic E-state index is -0.0527. The maximum Gasteiger partial charge on any atom is 0.256 e. The van der Waals surface area contributed by atoms with Crippen molar-refractivity contribution in [2.24, 2.45) is 16.6 Å². The molecule has 6 nitrogen and oxygen atoms in total. The van der Waals surface area contributed by atoms with Gasteiger partial charge in [0, 0.05) is 10.7 Å². The molecule has 1 aromatic rings. The first kappa shape index (κ1) is 10.6. The summed E-state index contributed by atoms with van der Waals surface area (Å²) < 4.78 is 10.4. The third kappa shape index (κ3) is 2.17. The quantitative estimate of drug-likeness (QED) is 0.343. The highest BCUT2D eigenvalue weighted by Crippen LogP contribution is 2.39. The van der Waals surface area contributed by atoms with E-state index in [2.05, 4.69) is 10.2 Å². The summed E-state index contributed by atoms with van der Waals surface area (Å²) in [6.45, 7) is 0.180. The van der Waals surface area contributed by atoms with Gasteiger partial charge in [0.2, 0.25) is 13.0 Å². The van der Waals surface area contributed by atoms with E-state index in [0.29, 0.717) is 16.5 Å². The Morgan fingerprint density at radius 1 is 1.44 bits per heavy atom. The van der Waals surface area contributed by atoms with E-state index >= 15 is 0 Å². The Morgan fingerprint density at radius 3 is 3.00 bits per heavy atom. The number of nitrogens with two attached hydrogens (primary N) is 2. The van der Waals surface area contributed by atoms with Crippen molar-refractivity contribution in [3.8, 4) is 11.5 Å². The number of hydrogen-bond acceptors (Lipinski definition) is 3. The van der Waals surface area contributed by atoms with Crippen LogP contribution in [-0.2, 0) is 0 Å². The first-order valence-corrected chi connectivity index (χ1v) is 4.81. The Kier molecular flexibility index (Phi) is 2.82. The van der Waals surface area contributed by atoms with Crippen molar-refractivity contribution in [2.45, 2.75) is 0 Å². The van der Waals surface area contributed by atoms with Gasteiger partial charge in [0.15, 0.2) is 11.5 Å². The van der Waals surface area contributed by atoms with Crippen LogP contribution in [0.4, 0.5) is 0 Å². The van der Waals surface area contributed by atoms with Crippen LogP contribution in [0.15, 0.2) is 17.2 Å². The standard InChI is InChI=1S/C9H9ClN4O2/c10-6-1-5(3-13-14-9(11)12)2-7-8(6)16-4-15-7/h1-3H,4H2,(H4,11,12,14)/p+1/b13-3-. The zero-order chi connectivity index (χ0) is 11.5. The molecule has 1 aromatic carbocycles. The summed E-state index contributed by atoms with van der Waals surface area (Å²) in [5.74, 6) is 1.11. The average Bonchev–Trinajstić information content (AvgIpc) is 2.65. The van der Waals surface area contributed by atoms with Crippen LogP contribution in [-0.4, -0.2) is 19.0 Å². The van der Waals surface area contributed by atoms with E-state index < -0.39 is 0 Å². The van der Waals surface area contributed by atoms with Crippen LogP contribution in [0, 0.1) is 0 Å². The fraction of sp³-hybridized carbons (Fsp3) is 0.111. The molecule has 0 aliphatic carbocycles. The smallest absolute Gasteiger partial charge is 0.256 e. The van der Waals surface area contributed by atoms with E-state index in [1.807, 2.05) is 0 Å². The molecule has 0 unspecified atom stereocenters. The molecule has 2 rings (SSSR count). The molecule has 0 bridgehead atoms. The lowest BCUT2D eigenvalue weighted by molar-refractivity contribution is -0.456. The SMILES string of the molecule is NC(N)=N/[NH+]=C\c1cc(Cl)c2c(c1)OCO2. The molecular formula is C9H10ClN4O2+. The lowest BCUT2D eigenvalue weighted by Gasteiger charge is -1.98. The molecule has 0 spiro atoms. The van der Waals surface area contributed by atoms with Gasteiger partial charge in [0.05, 0.1) is 5.02 Å². The summed E-state index contributed by atoms with van der Waals surface area (Å²) in [5, 5.41) is 6.65. The second-order valence-corrected chi connectivity index (χ2v) is 3.45. The predicted octanol–water partition coefficient (Wildman–Crippen LogP) is -1.24. The second-order valence-electron chi connectivity index (χ2n) is 3.05. The average molecular weight is 242 g/mol. The number of guanidine groups is 1. The van der Waals surface area contributed by atoms with Crippen molar-refractivity contribution in [1.29, 1.82) is 0 Å². The lowest BCUT2D eigenvalue weighted by atomic mass is 10.2. The molecule has 7 heteroatoms. The number of ether oxygens (including phenoxy) is 2. The predicted molar refractivity (Wildman–Crippen MR) is 59.5 cm³/mol. The van der Waals surface area contributed by atoms with E-state index in [4.69, 9.17) is 32.5 Å². The van der Waals surface area contributed by atoms with Crippen molar-refractivity contribution < 1.29 is 14.6 Å². The molecule has 16 heavy (non-hydrogen) atoms. The Hall–Kier alpha value is -1.95. The van der Waals surface area contributed by atoms with Gasteiger partial charge in [-0.15, -0.1) is 5.10 Å². The Morgan fingerprint density at radius 2 is 2.25 bits per heavy atom. The number of nitrogens with one attached hydrogen (secondary N) is 1. The molecule has 0 saturated heterocycles. The summed E-state index contributed by atoms with van der Waals surface area (Å²) in [6.07, 6.45) is 1.59. The summed E-state index contributed by atoms with van der Waals surface area (Å²) in [6, 6.07) is 3.48. The van der Waals surface area contributed by atoms with E-state index in [9.17, 15) is 0 Å². The first-order chi connectivity index (χ1) is 7.66. The minimum Gasteiger partial charge on any atom is -0.454 e. The fourth-order valence-corrected chi connectivity index (χ4v) is 1.53. The van der Waals surface area contributed by atoms with Gasteiger partial charge in [-0.3, -0.25) is 0 Å². The van der Waals surface area contributed by atoms with Gasteiger partial charge in [0.25, 0.3) is 5.96 Å². The molecule has 84 valence electrons. The van der Waals surface area contributed by atoms with Crippen LogP contribution in [0.1, 0.15) is 5.56 Å². The van der Waals surface area contributed by atoms with Gasteiger partial charge < -0.3 is 20.9 Å². The Bertz CT molecular complexity index is 469. The third-order valence-electron chi connectivity index (χ3n) is 1.87. The molecule has 0 atom stereocenters. The van der Waals surface area contributed by atoms with Crippen molar-refractivity contribution in [2.75, 3.05) is 6.79 Å². The van der Waals surface area contributed by atoms with Gasteiger partial charge in [-0.25, -0.2) is 0 Å². The molecule has 0 aromatic heterocycles. The van der Waals surface area contributed by atoms with E-state index in [1.165, 1.54) is 0 Å². The summed E-state index contributed by atoms with van der Waals surface area (Å²) in [7, 11) is 0. The van der Waals surface area contributed by atoms with Crippen molar-refractivity contribution >= 4 is 23.8 Å². The third-order valence-corrected chi connectivity index (χ3v) is 2.16. The topological polar surface area (TPSA) is 96.8 Å². The Balaban J connectivity index is 2.27. The van der Waals surface area contributed by atoms with Crippen LogP contribution < -0.4 is 26.0 Å². The zero-order valence-corrected chi connectivity index (χ0v) is 8.99. The van der Waals surface area contributed by atoms with Crippen molar-refractivity contribution in [1.82, 2.24) is 0 Å².